The molecule has 0 aliphatic heterocycles. The van der Waals surface area contributed by atoms with E-state index >= 15 is 0 Å². The highest BCUT2D eigenvalue weighted by Crippen LogP contribution is 2.29. The second-order valence-corrected chi connectivity index (χ2v) is 6.00. The summed E-state index contributed by atoms with van der Waals surface area (Å²) >= 11 is 12.0. The summed E-state index contributed by atoms with van der Waals surface area (Å²) in [5.41, 5.74) is 1.35. The van der Waals surface area contributed by atoms with Gasteiger partial charge in [-0.3, -0.25) is 4.79 Å². The van der Waals surface area contributed by atoms with Crippen LogP contribution in [0.25, 0.3) is 0 Å². The van der Waals surface area contributed by atoms with Crippen molar-refractivity contribution in [3.63, 3.8) is 0 Å². The number of aromatic nitrogens is 2. The van der Waals surface area contributed by atoms with Gasteiger partial charge in [-0.2, -0.15) is 0 Å². The summed E-state index contributed by atoms with van der Waals surface area (Å²) in [7, 11) is 1.60. The molecule has 6 nitrogen and oxygen atoms in total. The van der Waals surface area contributed by atoms with Gasteiger partial charge in [0.15, 0.2) is 11.5 Å². The number of ether oxygens (including phenoxy) is 1. The Balaban J connectivity index is 1.70. The molecule has 132 valence electrons. The number of nitrogens with one attached hydrogen (secondary N) is 2. The second kappa shape index (κ2) is 8.03. The monoisotopic (exact) mass is 388 g/mol. The number of nitrogens with zero attached hydrogens (tertiary/aromatic N) is 2. The van der Waals surface area contributed by atoms with Gasteiger partial charge in [0.2, 0.25) is 0 Å². The van der Waals surface area contributed by atoms with Crippen molar-refractivity contribution in [3.05, 3.63) is 70.3 Å². The fourth-order valence-corrected chi connectivity index (χ4v) is 2.50. The molecule has 0 fully saturated rings. The van der Waals surface area contributed by atoms with Crippen LogP contribution < -0.4 is 15.4 Å². The Labute approximate surface area is 160 Å². The molecule has 1 amide bonds. The van der Waals surface area contributed by atoms with Crippen molar-refractivity contribution < 1.29 is 9.53 Å². The molecule has 0 atom stereocenters. The first kappa shape index (κ1) is 18.0. The predicted molar refractivity (Wildman–Crippen MR) is 103 cm³/mol. The van der Waals surface area contributed by atoms with E-state index in [4.69, 9.17) is 27.9 Å². The molecule has 2 N–H and O–H groups in total. The summed E-state index contributed by atoms with van der Waals surface area (Å²) in [6.45, 7) is 0. The predicted octanol–water partition coefficient (Wildman–Crippen LogP) is 4.79. The third-order valence-corrected chi connectivity index (χ3v) is 4.26. The Hall–Kier alpha value is -2.83. The van der Waals surface area contributed by atoms with E-state index in [-0.39, 0.29) is 10.7 Å². The molecule has 1 heterocycles. The zero-order chi connectivity index (χ0) is 18.5. The van der Waals surface area contributed by atoms with Gasteiger partial charge in [0.05, 0.1) is 22.8 Å². The summed E-state index contributed by atoms with van der Waals surface area (Å²) in [6, 6.07) is 15.6. The van der Waals surface area contributed by atoms with Gasteiger partial charge < -0.3 is 15.4 Å². The van der Waals surface area contributed by atoms with E-state index < -0.39 is 5.91 Å². The van der Waals surface area contributed by atoms with Crippen molar-refractivity contribution >= 4 is 46.3 Å². The van der Waals surface area contributed by atoms with Crippen LogP contribution in [0.1, 0.15) is 10.5 Å². The average molecular weight is 389 g/mol. The van der Waals surface area contributed by atoms with Crippen LogP contribution in [-0.2, 0) is 0 Å². The Morgan fingerprint density at radius 2 is 1.85 bits per heavy atom. The zero-order valence-electron chi connectivity index (χ0n) is 13.7. The van der Waals surface area contributed by atoms with Gasteiger partial charge in [-0.05, 0) is 36.4 Å². The summed E-state index contributed by atoms with van der Waals surface area (Å²) in [5.74, 6) is 0.780. The smallest absolute Gasteiger partial charge is 0.276 e. The number of hydrogen-bond acceptors (Lipinski definition) is 5. The number of benzene rings is 2. The van der Waals surface area contributed by atoms with Crippen LogP contribution in [0.2, 0.25) is 10.0 Å². The molecular weight excluding hydrogens is 375 g/mol. The number of hydrogen-bond donors (Lipinski definition) is 2. The van der Waals surface area contributed by atoms with Gasteiger partial charge in [0, 0.05) is 11.8 Å². The van der Waals surface area contributed by atoms with Gasteiger partial charge in [-0.1, -0.05) is 35.3 Å². The lowest BCUT2D eigenvalue weighted by Gasteiger charge is -2.09. The highest BCUT2D eigenvalue weighted by molar-refractivity contribution is 6.44. The summed E-state index contributed by atoms with van der Waals surface area (Å²) in [6.07, 6.45) is 0. The average Bonchev–Trinajstić information content (AvgIpc) is 2.66. The highest BCUT2D eigenvalue weighted by Gasteiger charge is 2.12. The van der Waals surface area contributed by atoms with Gasteiger partial charge in [0.25, 0.3) is 5.91 Å². The fourth-order valence-electron chi connectivity index (χ4n) is 2.16. The van der Waals surface area contributed by atoms with Gasteiger partial charge in [-0.15, -0.1) is 10.2 Å². The van der Waals surface area contributed by atoms with Gasteiger partial charge >= 0.3 is 0 Å². The summed E-state index contributed by atoms with van der Waals surface area (Å²) in [4.78, 5) is 12.3. The molecular formula is C18H14Cl2N4O2. The first-order valence-electron chi connectivity index (χ1n) is 7.57. The molecule has 0 saturated carbocycles. The molecule has 0 bridgehead atoms. The van der Waals surface area contributed by atoms with Crippen LogP contribution in [0.4, 0.5) is 17.2 Å². The molecule has 0 saturated heterocycles. The lowest BCUT2D eigenvalue weighted by Crippen LogP contribution is -2.15. The van der Waals surface area contributed by atoms with Crippen LogP contribution in [0.3, 0.4) is 0 Å². The van der Waals surface area contributed by atoms with Crippen LogP contribution >= 0.6 is 23.2 Å². The molecule has 0 radical (unpaired) electrons. The lowest BCUT2D eigenvalue weighted by atomic mass is 10.3. The summed E-state index contributed by atoms with van der Waals surface area (Å²) in [5, 5.41) is 14.3. The van der Waals surface area contributed by atoms with Crippen LogP contribution in [0.5, 0.6) is 5.75 Å². The molecule has 0 aliphatic rings. The Bertz CT molecular complexity index is 933. The maximum atomic E-state index is 12.3. The Morgan fingerprint density at radius 3 is 2.58 bits per heavy atom. The third-order valence-electron chi connectivity index (χ3n) is 3.44. The van der Waals surface area contributed by atoms with E-state index in [1.807, 2.05) is 24.3 Å². The number of rotatable bonds is 5. The topological polar surface area (TPSA) is 76.1 Å². The molecule has 1 aromatic heterocycles. The van der Waals surface area contributed by atoms with E-state index in [0.29, 0.717) is 16.5 Å². The van der Waals surface area contributed by atoms with Crippen molar-refractivity contribution in [2.45, 2.75) is 0 Å². The van der Waals surface area contributed by atoms with Crippen molar-refractivity contribution in [1.82, 2.24) is 10.2 Å². The van der Waals surface area contributed by atoms with E-state index in [1.54, 1.807) is 37.4 Å². The van der Waals surface area contributed by atoms with E-state index in [1.165, 1.54) is 0 Å². The maximum absolute atomic E-state index is 12.3. The van der Waals surface area contributed by atoms with E-state index in [9.17, 15) is 4.79 Å². The SMILES string of the molecule is COc1cccc(Nc2ccc(C(=O)Nc3cccc(Cl)c3Cl)nn2)c1. The van der Waals surface area contributed by atoms with Gasteiger partial charge in [0.1, 0.15) is 5.75 Å². The molecule has 0 aliphatic carbocycles. The molecule has 8 heteroatoms. The van der Waals surface area contributed by atoms with Crippen LogP contribution in [0.15, 0.2) is 54.6 Å². The maximum Gasteiger partial charge on any atom is 0.276 e. The molecule has 2 aromatic carbocycles. The van der Waals surface area contributed by atoms with Crippen molar-refractivity contribution in [1.29, 1.82) is 0 Å². The minimum atomic E-state index is -0.436. The quantitative estimate of drug-likeness (QED) is 0.656. The van der Waals surface area contributed by atoms with Crippen LogP contribution in [-0.4, -0.2) is 23.2 Å². The van der Waals surface area contributed by atoms with E-state index in [0.717, 1.165) is 11.4 Å². The van der Waals surface area contributed by atoms with E-state index in [2.05, 4.69) is 20.8 Å². The fraction of sp³-hybridized carbons (Fsp3) is 0.0556. The minimum absolute atomic E-state index is 0.150. The van der Waals surface area contributed by atoms with Crippen molar-refractivity contribution in [2.75, 3.05) is 17.7 Å². The number of amides is 1. The number of methoxy groups -OCH3 is 1. The molecule has 0 unspecified atom stereocenters. The second-order valence-electron chi connectivity index (χ2n) is 5.22. The largest absolute Gasteiger partial charge is 0.497 e. The van der Waals surface area contributed by atoms with Crippen molar-refractivity contribution in [3.8, 4) is 5.75 Å². The highest BCUT2D eigenvalue weighted by atomic mass is 35.5. The first-order valence-corrected chi connectivity index (χ1v) is 8.32. The normalized spacial score (nSPS) is 10.3. The molecule has 26 heavy (non-hydrogen) atoms. The number of anilines is 3. The number of halogens is 2. The Kier molecular flexibility index (Phi) is 5.55. The lowest BCUT2D eigenvalue weighted by molar-refractivity contribution is 0.102. The Morgan fingerprint density at radius 1 is 1.04 bits per heavy atom. The van der Waals surface area contributed by atoms with Gasteiger partial charge in [-0.25, -0.2) is 0 Å². The third kappa shape index (κ3) is 4.22. The summed E-state index contributed by atoms with van der Waals surface area (Å²) < 4.78 is 5.17. The first-order chi connectivity index (χ1) is 12.6. The number of carbonyl (C=O) groups excluding carboxylic acids is 1. The van der Waals surface area contributed by atoms with Crippen molar-refractivity contribution in [2.24, 2.45) is 0 Å². The minimum Gasteiger partial charge on any atom is -0.497 e. The zero-order valence-corrected chi connectivity index (χ0v) is 15.2. The standard InChI is InChI=1S/C18H14Cl2N4O2/c1-26-12-5-2-4-11(10-12)21-16-9-8-15(23-24-16)18(25)22-14-7-3-6-13(19)17(14)20/h2-10H,1H3,(H,21,24)(H,22,25). The van der Waals surface area contributed by atoms with Crippen LogP contribution in [0, 0.1) is 0 Å². The molecule has 0 spiro atoms. The molecule has 3 rings (SSSR count). The molecule has 3 aromatic rings. The number of carbonyl (C=O) groups is 1.